The summed E-state index contributed by atoms with van der Waals surface area (Å²) in [6, 6.07) is 16.0. The number of likely N-dealkylation sites (N-methyl/N-ethyl adjacent to an activating group) is 1. The van der Waals surface area contributed by atoms with Gasteiger partial charge in [-0.25, -0.2) is 19.1 Å². The van der Waals surface area contributed by atoms with E-state index in [1.807, 2.05) is 52.0 Å². The maximum Gasteiger partial charge on any atom is 0.413 e. The zero-order valence-corrected chi connectivity index (χ0v) is 27.5. The van der Waals surface area contributed by atoms with E-state index >= 15 is 4.39 Å². The first-order valence-electron chi connectivity index (χ1n) is 15.1. The molecular formula is C35H40ClFN6O2. The quantitative estimate of drug-likeness (QED) is 0.214. The molecule has 1 saturated heterocycles. The summed E-state index contributed by atoms with van der Waals surface area (Å²) < 4.78 is 15.4. The number of aromatic nitrogens is 2. The minimum Gasteiger partial charge on any atom is -0.465 e. The van der Waals surface area contributed by atoms with E-state index in [0.29, 0.717) is 28.5 Å². The molecule has 8 nitrogen and oxygen atoms in total. The molecule has 5 rings (SSSR count). The lowest BCUT2D eigenvalue weighted by atomic mass is 9.87. The summed E-state index contributed by atoms with van der Waals surface area (Å²) in [4.78, 5) is 27.7. The van der Waals surface area contributed by atoms with Gasteiger partial charge >= 0.3 is 6.09 Å². The van der Waals surface area contributed by atoms with Crippen molar-refractivity contribution in [2.75, 3.05) is 35.3 Å². The topological polar surface area (TPSA) is 84.8 Å². The first-order valence-corrected chi connectivity index (χ1v) is 15.4. The number of nitrogens with one attached hydrogen (secondary N) is 1. The number of amides is 1. The molecule has 1 fully saturated rings. The fraction of sp³-hybridized carbons (Fsp3) is 0.343. The maximum atomic E-state index is 15.4. The van der Waals surface area contributed by atoms with Crippen LogP contribution in [-0.4, -0.2) is 58.3 Å². The summed E-state index contributed by atoms with van der Waals surface area (Å²) >= 11 is 6.46. The van der Waals surface area contributed by atoms with Gasteiger partial charge in [0.25, 0.3) is 0 Å². The summed E-state index contributed by atoms with van der Waals surface area (Å²) in [7, 11) is 2.09. The monoisotopic (exact) mass is 630 g/mol. The largest absolute Gasteiger partial charge is 0.465 e. The summed E-state index contributed by atoms with van der Waals surface area (Å²) in [6.45, 7) is 13.7. The number of carboxylic acid groups (broad SMARTS) is 1. The van der Waals surface area contributed by atoms with E-state index in [0.717, 1.165) is 46.5 Å². The Hall–Kier alpha value is -4.21. The van der Waals surface area contributed by atoms with Crippen molar-refractivity contribution in [2.45, 2.75) is 59.7 Å². The number of hydrogen-bond donors (Lipinski definition) is 2. The van der Waals surface area contributed by atoms with Crippen LogP contribution in [-0.2, 0) is 0 Å². The molecule has 0 radical (unpaired) electrons. The van der Waals surface area contributed by atoms with E-state index < -0.39 is 12.1 Å². The molecule has 3 aromatic carbocycles. The molecule has 3 atom stereocenters. The highest BCUT2D eigenvalue weighted by Crippen LogP contribution is 2.39. The normalized spacial score (nSPS) is 17.7. The van der Waals surface area contributed by atoms with Crippen molar-refractivity contribution in [3.05, 3.63) is 105 Å². The van der Waals surface area contributed by atoms with Crippen molar-refractivity contribution in [2.24, 2.45) is 0 Å². The molecule has 0 bridgehead atoms. The Bertz CT molecular complexity index is 1700. The lowest BCUT2D eigenvalue weighted by molar-refractivity contribution is 0.169. The third kappa shape index (κ3) is 6.74. The Balaban J connectivity index is 1.51. The van der Waals surface area contributed by atoms with Crippen molar-refractivity contribution in [3.63, 3.8) is 0 Å². The van der Waals surface area contributed by atoms with Crippen LogP contribution in [0.1, 0.15) is 53.3 Å². The number of nitrogens with zero attached hydrogens (tertiary/aromatic N) is 5. The molecule has 2 N–H and O–H groups in total. The van der Waals surface area contributed by atoms with E-state index in [4.69, 9.17) is 11.6 Å². The second kappa shape index (κ2) is 13.0. The van der Waals surface area contributed by atoms with Gasteiger partial charge in [-0.2, -0.15) is 4.98 Å². The third-order valence-electron chi connectivity index (χ3n) is 8.80. The van der Waals surface area contributed by atoms with Gasteiger partial charge in [0.1, 0.15) is 11.6 Å². The molecule has 1 aliphatic rings. The fourth-order valence-electron chi connectivity index (χ4n) is 6.41. The standard InChI is InChI=1S/C35H40ClFN6O2/c1-20-14-22(3)32(23(4)15-20)33(28-16-26(36)9-8-21(28)2)43(35(44)45)31-12-13-38-34(40-31)39-27-10-11-30(29(37)17-27)42-18-24(5)41(7)25(6)19-42/h8-17,24-25,33H,18-19H2,1-7H3,(H,44,45)(H,38,39,40)/t24-,25+,33?. The molecule has 1 aliphatic heterocycles. The molecule has 1 unspecified atom stereocenters. The van der Waals surface area contributed by atoms with Crippen molar-refractivity contribution >= 4 is 40.8 Å². The van der Waals surface area contributed by atoms with E-state index in [9.17, 15) is 9.90 Å². The van der Waals surface area contributed by atoms with Crippen LogP contribution in [0.2, 0.25) is 5.02 Å². The number of carbonyl (C=O) groups is 1. The Morgan fingerprint density at radius 2 is 1.67 bits per heavy atom. The maximum absolute atomic E-state index is 15.4. The van der Waals surface area contributed by atoms with Crippen LogP contribution < -0.4 is 15.1 Å². The number of anilines is 4. The Labute approximate surface area is 269 Å². The van der Waals surface area contributed by atoms with Gasteiger partial charge in [0.05, 0.1) is 11.7 Å². The van der Waals surface area contributed by atoms with E-state index in [2.05, 4.69) is 46.0 Å². The lowest BCUT2D eigenvalue weighted by Gasteiger charge is -2.43. The highest BCUT2D eigenvalue weighted by Gasteiger charge is 2.33. The molecule has 1 aromatic heterocycles. The van der Waals surface area contributed by atoms with Crippen LogP contribution in [0, 0.1) is 33.5 Å². The predicted octanol–water partition coefficient (Wildman–Crippen LogP) is 8.05. The zero-order chi connectivity index (χ0) is 32.6. The molecule has 4 aromatic rings. The van der Waals surface area contributed by atoms with Crippen LogP contribution in [0.5, 0.6) is 0 Å². The van der Waals surface area contributed by atoms with Gasteiger partial charge in [0.15, 0.2) is 0 Å². The minimum absolute atomic E-state index is 0.145. The Morgan fingerprint density at radius 3 is 2.29 bits per heavy atom. The molecule has 2 heterocycles. The molecule has 0 spiro atoms. The number of piperazine rings is 1. The van der Waals surface area contributed by atoms with Crippen LogP contribution in [0.3, 0.4) is 0 Å². The number of halogens is 2. The van der Waals surface area contributed by atoms with Crippen molar-refractivity contribution < 1.29 is 14.3 Å². The van der Waals surface area contributed by atoms with Crippen LogP contribution >= 0.6 is 11.6 Å². The first kappa shape index (κ1) is 32.2. The number of aryl methyl sites for hydroxylation is 4. The van der Waals surface area contributed by atoms with E-state index in [1.165, 1.54) is 17.2 Å². The molecule has 0 aliphatic carbocycles. The van der Waals surface area contributed by atoms with Gasteiger partial charge in [-0.1, -0.05) is 35.4 Å². The van der Waals surface area contributed by atoms with E-state index in [-0.39, 0.29) is 17.6 Å². The van der Waals surface area contributed by atoms with Crippen LogP contribution in [0.15, 0.2) is 60.8 Å². The van der Waals surface area contributed by atoms with Gasteiger partial charge in [-0.05, 0) is 113 Å². The SMILES string of the molecule is Cc1cc(C)c(C(c2cc(Cl)ccc2C)N(C(=O)O)c2ccnc(Nc3ccc(N4C[C@@H](C)N(C)[C@@H](C)C4)c(F)c3)n2)c(C)c1. The van der Waals surface area contributed by atoms with Crippen molar-refractivity contribution in [1.82, 2.24) is 14.9 Å². The van der Waals surface area contributed by atoms with Crippen LogP contribution in [0.4, 0.5) is 32.3 Å². The summed E-state index contributed by atoms with van der Waals surface area (Å²) in [5, 5.41) is 14.3. The Morgan fingerprint density at radius 1 is 1.00 bits per heavy atom. The summed E-state index contributed by atoms with van der Waals surface area (Å²) in [5.74, 6) is -0.0398. The molecule has 1 amide bonds. The van der Waals surface area contributed by atoms with Crippen molar-refractivity contribution in [3.8, 4) is 0 Å². The lowest BCUT2D eigenvalue weighted by Crippen LogP contribution is -2.55. The first-order chi connectivity index (χ1) is 21.3. The molecule has 10 heteroatoms. The molecular weight excluding hydrogens is 591 g/mol. The van der Waals surface area contributed by atoms with Gasteiger partial charge in [-0.15, -0.1) is 0 Å². The smallest absolute Gasteiger partial charge is 0.413 e. The van der Waals surface area contributed by atoms with Gasteiger partial charge in [-0.3, -0.25) is 4.90 Å². The van der Waals surface area contributed by atoms with Gasteiger partial charge in [0, 0.05) is 42.1 Å². The molecule has 45 heavy (non-hydrogen) atoms. The molecule has 236 valence electrons. The number of benzene rings is 3. The number of rotatable bonds is 7. The Kier molecular flexibility index (Phi) is 9.32. The van der Waals surface area contributed by atoms with Gasteiger partial charge in [0.2, 0.25) is 5.95 Å². The van der Waals surface area contributed by atoms with Crippen LogP contribution in [0.25, 0.3) is 0 Å². The highest BCUT2D eigenvalue weighted by molar-refractivity contribution is 6.30. The van der Waals surface area contributed by atoms with Crippen molar-refractivity contribution in [1.29, 1.82) is 0 Å². The zero-order valence-electron chi connectivity index (χ0n) is 26.8. The average molecular weight is 631 g/mol. The highest BCUT2D eigenvalue weighted by atomic mass is 35.5. The predicted molar refractivity (Wildman–Crippen MR) is 180 cm³/mol. The van der Waals surface area contributed by atoms with Gasteiger partial charge < -0.3 is 15.3 Å². The number of hydrogen-bond acceptors (Lipinski definition) is 6. The summed E-state index contributed by atoms with van der Waals surface area (Å²) in [5.41, 5.74) is 6.48. The van der Waals surface area contributed by atoms with E-state index in [1.54, 1.807) is 24.3 Å². The second-order valence-electron chi connectivity index (χ2n) is 12.2. The summed E-state index contributed by atoms with van der Waals surface area (Å²) in [6.07, 6.45) is 0.309. The third-order valence-corrected chi connectivity index (χ3v) is 9.04. The molecule has 0 saturated carbocycles. The minimum atomic E-state index is -1.19. The average Bonchev–Trinajstić information content (AvgIpc) is 2.96. The fourth-order valence-corrected chi connectivity index (χ4v) is 6.59. The second-order valence-corrected chi connectivity index (χ2v) is 12.6.